The van der Waals surface area contributed by atoms with Crippen molar-refractivity contribution in [1.29, 1.82) is 0 Å². The molecule has 0 spiro atoms. The van der Waals surface area contributed by atoms with Gasteiger partial charge in [-0.2, -0.15) is 0 Å². The van der Waals surface area contributed by atoms with E-state index in [-0.39, 0.29) is 6.04 Å². The number of carbonyl (C=O) groups excluding carboxylic acids is 1. The molecule has 0 aromatic rings. The highest BCUT2D eigenvalue weighted by molar-refractivity contribution is 5.82. The van der Waals surface area contributed by atoms with Crippen LogP contribution in [0.25, 0.3) is 0 Å². The quantitative estimate of drug-likeness (QED) is 0.816. The first-order chi connectivity index (χ1) is 8.12. The second-order valence-corrected chi connectivity index (χ2v) is 5.91. The van der Waals surface area contributed by atoms with Crippen LogP contribution in [-0.4, -0.2) is 36.5 Å². The third-order valence-electron chi connectivity index (χ3n) is 5.05. The number of carbonyl (C=O) groups is 1. The molecule has 17 heavy (non-hydrogen) atoms. The molecule has 0 radical (unpaired) electrons. The summed E-state index contributed by atoms with van der Waals surface area (Å²) in [4.78, 5) is 14.5. The lowest BCUT2D eigenvalue weighted by molar-refractivity contribution is -0.133. The summed E-state index contributed by atoms with van der Waals surface area (Å²) in [6.45, 7) is 9.64. The van der Waals surface area contributed by atoms with Gasteiger partial charge in [0, 0.05) is 13.1 Å². The molecule has 1 amide bonds. The van der Waals surface area contributed by atoms with Crippen molar-refractivity contribution in [2.75, 3.05) is 19.6 Å². The Morgan fingerprint density at radius 3 is 2.59 bits per heavy atom. The van der Waals surface area contributed by atoms with Gasteiger partial charge in [0.2, 0.25) is 5.91 Å². The summed E-state index contributed by atoms with van der Waals surface area (Å²) in [7, 11) is 0. The van der Waals surface area contributed by atoms with E-state index in [1.165, 1.54) is 19.3 Å². The smallest absolute Gasteiger partial charge is 0.240 e. The summed E-state index contributed by atoms with van der Waals surface area (Å²) in [6, 6.07) is 0.0829. The molecule has 0 aromatic carbocycles. The van der Waals surface area contributed by atoms with Gasteiger partial charge < -0.3 is 10.2 Å². The Morgan fingerprint density at radius 1 is 1.41 bits per heavy atom. The Kier molecular flexibility index (Phi) is 3.76. The van der Waals surface area contributed by atoms with E-state index in [0.717, 1.165) is 26.1 Å². The van der Waals surface area contributed by atoms with E-state index in [1.807, 2.05) is 0 Å². The Labute approximate surface area is 105 Å². The Hall–Kier alpha value is -0.570. The molecule has 2 heterocycles. The van der Waals surface area contributed by atoms with Crippen molar-refractivity contribution in [3.8, 4) is 0 Å². The largest absolute Gasteiger partial charge is 0.341 e. The topological polar surface area (TPSA) is 32.3 Å². The first-order valence-electron chi connectivity index (χ1n) is 7.14. The van der Waals surface area contributed by atoms with Gasteiger partial charge in [0.15, 0.2) is 0 Å². The molecular formula is C14H26N2O. The number of hydrogen-bond acceptors (Lipinski definition) is 2. The molecular weight excluding hydrogens is 212 g/mol. The summed E-state index contributed by atoms with van der Waals surface area (Å²) in [5.74, 6) is 0.847. The van der Waals surface area contributed by atoms with E-state index >= 15 is 0 Å². The summed E-state index contributed by atoms with van der Waals surface area (Å²) in [5, 5.41) is 3.36. The molecule has 3 nitrogen and oxygen atoms in total. The van der Waals surface area contributed by atoms with E-state index in [9.17, 15) is 4.79 Å². The van der Waals surface area contributed by atoms with E-state index < -0.39 is 0 Å². The number of rotatable bonds is 3. The highest BCUT2D eigenvalue weighted by Crippen LogP contribution is 2.37. The summed E-state index contributed by atoms with van der Waals surface area (Å²) in [5.41, 5.74) is 0.400. The Balaban J connectivity index is 1.98. The number of hydrogen-bond donors (Lipinski definition) is 1. The molecule has 2 saturated heterocycles. The van der Waals surface area contributed by atoms with Crippen LogP contribution >= 0.6 is 0 Å². The lowest BCUT2D eigenvalue weighted by Gasteiger charge is -2.28. The molecule has 2 aliphatic rings. The van der Waals surface area contributed by atoms with Crippen LogP contribution in [0.5, 0.6) is 0 Å². The molecule has 2 fully saturated rings. The summed E-state index contributed by atoms with van der Waals surface area (Å²) in [6.07, 6.45) is 4.71. The fourth-order valence-corrected chi connectivity index (χ4v) is 3.31. The van der Waals surface area contributed by atoms with Crippen molar-refractivity contribution in [2.45, 2.75) is 52.5 Å². The average Bonchev–Trinajstić information content (AvgIpc) is 2.95. The maximum Gasteiger partial charge on any atom is 0.240 e. The highest BCUT2D eigenvalue weighted by Gasteiger charge is 2.40. The second kappa shape index (κ2) is 4.97. The zero-order chi connectivity index (χ0) is 12.5. The van der Waals surface area contributed by atoms with Gasteiger partial charge in [-0.3, -0.25) is 4.79 Å². The number of nitrogens with one attached hydrogen (secondary N) is 1. The highest BCUT2D eigenvalue weighted by atomic mass is 16.2. The lowest BCUT2D eigenvalue weighted by Crippen LogP contribution is -2.45. The van der Waals surface area contributed by atoms with E-state index in [4.69, 9.17) is 0 Å². The second-order valence-electron chi connectivity index (χ2n) is 5.91. The average molecular weight is 238 g/mol. The predicted octanol–water partition coefficient (Wildman–Crippen LogP) is 2.02. The van der Waals surface area contributed by atoms with Gasteiger partial charge in [-0.05, 0) is 43.6 Å². The van der Waals surface area contributed by atoms with Crippen molar-refractivity contribution in [3.63, 3.8) is 0 Å². The third kappa shape index (κ3) is 2.35. The van der Waals surface area contributed by atoms with Gasteiger partial charge in [-0.15, -0.1) is 0 Å². The molecule has 1 N–H and O–H groups in total. The van der Waals surface area contributed by atoms with Crippen LogP contribution in [0.4, 0.5) is 0 Å². The van der Waals surface area contributed by atoms with E-state index in [2.05, 4.69) is 31.0 Å². The van der Waals surface area contributed by atoms with Crippen molar-refractivity contribution < 1.29 is 4.79 Å². The minimum Gasteiger partial charge on any atom is -0.341 e. The summed E-state index contributed by atoms with van der Waals surface area (Å²) >= 11 is 0. The van der Waals surface area contributed by atoms with Crippen molar-refractivity contribution >= 4 is 5.91 Å². The van der Waals surface area contributed by atoms with Crippen LogP contribution in [0.3, 0.4) is 0 Å². The standard InChI is InChI=1S/C14H26N2O/c1-4-14(5-2)7-9-16(10-14)13(17)12-11(3)6-8-15-12/h11-12,15H,4-10H2,1-3H3. The number of nitrogens with zero attached hydrogens (tertiary/aromatic N) is 1. The number of amides is 1. The molecule has 2 atom stereocenters. The fourth-order valence-electron chi connectivity index (χ4n) is 3.31. The maximum atomic E-state index is 12.4. The third-order valence-corrected chi connectivity index (χ3v) is 5.05. The number of likely N-dealkylation sites (tertiary alicyclic amines) is 1. The lowest BCUT2D eigenvalue weighted by atomic mass is 9.82. The molecule has 0 aromatic heterocycles. The van der Waals surface area contributed by atoms with E-state index in [1.54, 1.807) is 0 Å². The van der Waals surface area contributed by atoms with Crippen molar-refractivity contribution in [1.82, 2.24) is 10.2 Å². The zero-order valence-corrected chi connectivity index (χ0v) is 11.5. The van der Waals surface area contributed by atoms with Gasteiger partial charge in [0.1, 0.15) is 0 Å². The Morgan fingerprint density at radius 2 is 2.12 bits per heavy atom. The van der Waals surface area contributed by atoms with Crippen LogP contribution in [0.2, 0.25) is 0 Å². The summed E-state index contributed by atoms with van der Waals surface area (Å²) < 4.78 is 0. The van der Waals surface area contributed by atoms with Crippen molar-refractivity contribution in [3.05, 3.63) is 0 Å². The van der Waals surface area contributed by atoms with Crippen molar-refractivity contribution in [2.24, 2.45) is 11.3 Å². The van der Waals surface area contributed by atoms with Gasteiger partial charge in [-0.1, -0.05) is 20.8 Å². The van der Waals surface area contributed by atoms with E-state index in [0.29, 0.717) is 17.2 Å². The molecule has 2 rings (SSSR count). The van der Waals surface area contributed by atoms with Crippen LogP contribution in [0.1, 0.15) is 46.5 Å². The molecule has 0 saturated carbocycles. The van der Waals surface area contributed by atoms with Crippen LogP contribution in [0, 0.1) is 11.3 Å². The Bertz CT molecular complexity index is 286. The maximum absolute atomic E-state index is 12.4. The SMILES string of the molecule is CCC1(CC)CCN(C(=O)C2NCCC2C)C1. The predicted molar refractivity (Wildman–Crippen MR) is 69.8 cm³/mol. The van der Waals surface area contributed by atoms with Gasteiger partial charge >= 0.3 is 0 Å². The molecule has 0 bridgehead atoms. The minimum atomic E-state index is 0.0829. The molecule has 2 aliphatic heterocycles. The van der Waals surface area contributed by atoms with Crippen LogP contribution in [-0.2, 0) is 4.79 Å². The first kappa shape index (κ1) is 12.9. The van der Waals surface area contributed by atoms with Crippen LogP contribution in [0.15, 0.2) is 0 Å². The molecule has 0 aliphatic carbocycles. The molecule has 3 heteroatoms. The fraction of sp³-hybridized carbons (Fsp3) is 0.929. The zero-order valence-electron chi connectivity index (χ0n) is 11.5. The molecule has 98 valence electrons. The van der Waals surface area contributed by atoms with Gasteiger partial charge in [0.05, 0.1) is 6.04 Å². The monoisotopic (exact) mass is 238 g/mol. The van der Waals surface area contributed by atoms with Crippen LogP contribution < -0.4 is 5.32 Å². The van der Waals surface area contributed by atoms with Gasteiger partial charge in [-0.25, -0.2) is 0 Å². The van der Waals surface area contributed by atoms with Gasteiger partial charge in [0.25, 0.3) is 0 Å². The minimum absolute atomic E-state index is 0.0829. The first-order valence-corrected chi connectivity index (χ1v) is 7.14. The molecule has 2 unspecified atom stereocenters. The normalized spacial score (nSPS) is 32.1.